The smallest absolute Gasteiger partial charge is 0.104 e. The minimum Gasteiger partial charge on any atom is -0.385 e. The molecule has 0 atom stereocenters. The summed E-state index contributed by atoms with van der Waals surface area (Å²) in [6.07, 6.45) is 0. The summed E-state index contributed by atoms with van der Waals surface area (Å²) in [4.78, 5) is 0. The van der Waals surface area contributed by atoms with Crippen molar-refractivity contribution in [1.82, 2.24) is 0 Å². The molecule has 3 heteroatoms. The van der Waals surface area contributed by atoms with Crippen LogP contribution in [-0.4, -0.2) is 24.8 Å². The molecule has 0 aliphatic heterocycles. The van der Waals surface area contributed by atoms with Crippen LogP contribution in [0.2, 0.25) is 0 Å². The lowest BCUT2D eigenvalue weighted by molar-refractivity contribution is 0.350. The van der Waals surface area contributed by atoms with Crippen molar-refractivity contribution in [2.75, 3.05) is 30.3 Å². The van der Waals surface area contributed by atoms with Crippen molar-refractivity contribution >= 4 is 11.4 Å². The Hall–Kier alpha value is -1.66. The van der Waals surface area contributed by atoms with E-state index in [0.717, 1.165) is 30.0 Å². The molecule has 0 fully saturated rings. The molecule has 0 bridgehead atoms. The average molecular weight is 218 g/mol. The van der Waals surface area contributed by atoms with Gasteiger partial charge in [0.1, 0.15) is 6.61 Å². The average Bonchev–Trinajstić information content (AvgIpc) is 2.29. The van der Waals surface area contributed by atoms with E-state index in [1.807, 2.05) is 25.1 Å². The fourth-order valence-electron chi connectivity index (χ4n) is 1.44. The van der Waals surface area contributed by atoms with Crippen molar-refractivity contribution < 1.29 is 5.11 Å². The zero-order chi connectivity index (χ0) is 11.8. The Morgan fingerprint density at radius 2 is 1.94 bits per heavy atom. The molecular weight excluding hydrogens is 200 g/mol. The Bertz CT molecular complexity index is 391. The second-order valence-electron chi connectivity index (χ2n) is 3.28. The number of aliphatic hydroxyl groups excluding tert-OH is 1. The van der Waals surface area contributed by atoms with Crippen molar-refractivity contribution in [2.24, 2.45) is 0 Å². The molecule has 3 nitrogen and oxygen atoms in total. The Balaban J connectivity index is 2.98. The quantitative estimate of drug-likeness (QED) is 0.676. The molecule has 86 valence electrons. The van der Waals surface area contributed by atoms with Crippen LogP contribution in [0, 0.1) is 11.8 Å². The summed E-state index contributed by atoms with van der Waals surface area (Å²) in [7, 11) is 0. The number of aliphatic hydroxyl groups is 1. The maximum atomic E-state index is 8.68. The zero-order valence-electron chi connectivity index (χ0n) is 9.80. The van der Waals surface area contributed by atoms with E-state index < -0.39 is 0 Å². The first-order valence-electron chi connectivity index (χ1n) is 5.53. The highest BCUT2D eigenvalue weighted by Crippen LogP contribution is 2.20. The van der Waals surface area contributed by atoms with Crippen LogP contribution in [0.3, 0.4) is 0 Å². The fourth-order valence-corrected chi connectivity index (χ4v) is 1.44. The first kappa shape index (κ1) is 12.4. The van der Waals surface area contributed by atoms with Crippen LogP contribution in [-0.2, 0) is 0 Å². The fraction of sp³-hybridized carbons (Fsp3) is 0.385. The van der Waals surface area contributed by atoms with E-state index in [-0.39, 0.29) is 6.61 Å². The summed E-state index contributed by atoms with van der Waals surface area (Å²) in [5.74, 6) is 5.59. The number of rotatable bonds is 4. The highest BCUT2D eigenvalue weighted by Gasteiger charge is 2.00. The predicted molar refractivity (Wildman–Crippen MR) is 68.7 cm³/mol. The van der Waals surface area contributed by atoms with Crippen LogP contribution in [0.15, 0.2) is 18.2 Å². The van der Waals surface area contributed by atoms with Crippen LogP contribution in [0.1, 0.15) is 19.4 Å². The van der Waals surface area contributed by atoms with Crippen molar-refractivity contribution in [1.29, 1.82) is 0 Å². The molecule has 0 unspecified atom stereocenters. The molecule has 0 aromatic heterocycles. The third-order valence-electron chi connectivity index (χ3n) is 2.07. The molecule has 0 saturated heterocycles. The number of hydrogen-bond donors (Lipinski definition) is 3. The largest absolute Gasteiger partial charge is 0.385 e. The van der Waals surface area contributed by atoms with Gasteiger partial charge in [0.25, 0.3) is 0 Å². The molecule has 1 aromatic rings. The van der Waals surface area contributed by atoms with Gasteiger partial charge in [-0.25, -0.2) is 0 Å². The minimum atomic E-state index is -0.111. The molecular formula is C13H18N2O. The Labute approximate surface area is 96.9 Å². The molecule has 0 heterocycles. The van der Waals surface area contributed by atoms with Crippen LogP contribution in [0.5, 0.6) is 0 Å². The highest BCUT2D eigenvalue weighted by molar-refractivity contribution is 5.66. The third kappa shape index (κ3) is 3.48. The standard InChI is InChI=1S/C13H18N2O/c1-3-14-12-8-7-11(6-5-9-16)13(10-12)15-4-2/h7-8,10,14-16H,3-4,9H2,1-2H3. The minimum absolute atomic E-state index is 0.111. The Morgan fingerprint density at radius 3 is 2.56 bits per heavy atom. The van der Waals surface area contributed by atoms with Gasteiger partial charge in [-0.1, -0.05) is 11.8 Å². The van der Waals surface area contributed by atoms with E-state index in [2.05, 4.69) is 29.4 Å². The van der Waals surface area contributed by atoms with E-state index in [9.17, 15) is 0 Å². The van der Waals surface area contributed by atoms with Crippen LogP contribution in [0.4, 0.5) is 11.4 Å². The van der Waals surface area contributed by atoms with Gasteiger partial charge in [-0.05, 0) is 32.0 Å². The topological polar surface area (TPSA) is 44.3 Å². The summed E-state index contributed by atoms with van der Waals surface area (Å²) in [6, 6.07) is 5.98. The van der Waals surface area contributed by atoms with Gasteiger partial charge in [0.05, 0.1) is 5.69 Å². The second-order valence-corrected chi connectivity index (χ2v) is 3.28. The summed E-state index contributed by atoms with van der Waals surface area (Å²) in [5.41, 5.74) is 2.99. The first-order chi connectivity index (χ1) is 7.81. The molecule has 1 aromatic carbocycles. The predicted octanol–water partition coefficient (Wildman–Crippen LogP) is 1.89. The van der Waals surface area contributed by atoms with Crippen molar-refractivity contribution in [2.45, 2.75) is 13.8 Å². The first-order valence-corrected chi connectivity index (χ1v) is 5.53. The maximum absolute atomic E-state index is 8.68. The zero-order valence-corrected chi connectivity index (χ0v) is 9.80. The summed E-state index contributed by atoms with van der Waals surface area (Å²) in [6.45, 7) is 5.74. The molecule has 0 aliphatic rings. The van der Waals surface area contributed by atoms with Crippen molar-refractivity contribution in [3.63, 3.8) is 0 Å². The van der Waals surface area contributed by atoms with Gasteiger partial charge >= 0.3 is 0 Å². The summed E-state index contributed by atoms with van der Waals surface area (Å²) < 4.78 is 0. The van der Waals surface area contributed by atoms with Crippen LogP contribution in [0.25, 0.3) is 0 Å². The van der Waals surface area contributed by atoms with E-state index in [0.29, 0.717) is 0 Å². The summed E-state index contributed by atoms with van der Waals surface area (Å²) >= 11 is 0. The molecule has 0 aliphatic carbocycles. The van der Waals surface area contributed by atoms with E-state index in [1.54, 1.807) is 0 Å². The van der Waals surface area contributed by atoms with E-state index >= 15 is 0 Å². The number of anilines is 2. The second kappa shape index (κ2) is 6.76. The van der Waals surface area contributed by atoms with Gasteiger partial charge in [-0.2, -0.15) is 0 Å². The Morgan fingerprint density at radius 1 is 1.19 bits per heavy atom. The SMILES string of the molecule is CCNc1ccc(C#CCO)c(NCC)c1. The molecule has 3 N–H and O–H groups in total. The summed E-state index contributed by atoms with van der Waals surface area (Å²) in [5, 5.41) is 15.2. The maximum Gasteiger partial charge on any atom is 0.104 e. The molecule has 0 amide bonds. The molecule has 0 spiro atoms. The van der Waals surface area contributed by atoms with Crippen LogP contribution < -0.4 is 10.6 Å². The highest BCUT2D eigenvalue weighted by atomic mass is 16.2. The number of hydrogen-bond acceptors (Lipinski definition) is 3. The van der Waals surface area contributed by atoms with Crippen molar-refractivity contribution in [3.8, 4) is 11.8 Å². The van der Waals surface area contributed by atoms with E-state index in [4.69, 9.17) is 5.11 Å². The number of nitrogens with one attached hydrogen (secondary N) is 2. The van der Waals surface area contributed by atoms with Gasteiger partial charge in [0.15, 0.2) is 0 Å². The van der Waals surface area contributed by atoms with Gasteiger partial charge in [0.2, 0.25) is 0 Å². The van der Waals surface area contributed by atoms with Crippen LogP contribution >= 0.6 is 0 Å². The number of benzene rings is 1. The molecule has 0 saturated carbocycles. The van der Waals surface area contributed by atoms with Gasteiger partial charge in [0, 0.05) is 24.3 Å². The van der Waals surface area contributed by atoms with Gasteiger partial charge < -0.3 is 15.7 Å². The third-order valence-corrected chi connectivity index (χ3v) is 2.07. The van der Waals surface area contributed by atoms with Gasteiger partial charge in [-0.15, -0.1) is 0 Å². The molecule has 0 radical (unpaired) electrons. The lowest BCUT2D eigenvalue weighted by Crippen LogP contribution is -2.02. The lowest BCUT2D eigenvalue weighted by Gasteiger charge is -2.10. The van der Waals surface area contributed by atoms with E-state index in [1.165, 1.54) is 0 Å². The Kier molecular flexibility index (Phi) is 5.24. The lowest BCUT2D eigenvalue weighted by atomic mass is 10.1. The normalized spacial score (nSPS) is 9.19. The van der Waals surface area contributed by atoms with Gasteiger partial charge in [-0.3, -0.25) is 0 Å². The van der Waals surface area contributed by atoms with Crippen molar-refractivity contribution in [3.05, 3.63) is 23.8 Å². The molecule has 1 rings (SSSR count). The molecule has 16 heavy (non-hydrogen) atoms. The monoisotopic (exact) mass is 218 g/mol.